The Kier molecular flexibility index (Phi) is 6.80. The van der Waals surface area contributed by atoms with E-state index in [1.54, 1.807) is 0 Å². The van der Waals surface area contributed by atoms with Crippen molar-refractivity contribution in [1.29, 1.82) is 0 Å². The number of amides is 3. The molecule has 19 heavy (non-hydrogen) atoms. The highest BCUT2D eigenvalue weighted by atomic mass is 16.3. The number of rotatable bonds is 6. The van der Waals surface area contributed by atoms with Crippen LogP contribution in [0.2, 0.25) is 0 Å². The molecule has 6 nitrogen and oxygen atoms in total. The number of hydrogen-bond donors (Lipinski definition) is 3. The van der Waals surface area contributed by atoms with Crippen LogP contribution in [0.4, 0.5) is 4.79 Å². The minimum Gasteiger partial charge on any atom is -0.395 e. The van der Waals surface area contributed by atoms with Crippen LogP contribution in [-0.4, -0.2) is 54.2 Å². The van der Waals surface area contributed by atoms with Gasteiger partial charge in [-0.05, 0) is 31.7 Å². The SMILES string of the molecule is CC(C)CCNC(=O)NC(=O)CN1CCC[C@@H]1CO. The van der Waals surface area contributed by atoms with Crippen molar-refractivity contribution in [2.45, 2.75) is 39.2 Å². The first kappa shape index (κ1) is 15.9. The number of imide groups is 1. The summed E-state index contributed by atoms with van der Waals surface area (Å²) in [5.41, 5.74) is 0. The van der Waals surface area contributed by atoms with Gasteiger partial charge in [0.25, 0.3) is 0 Å². The van der Waals surface area contributed by atoms with Gasteiger partial charge in [0.05, 0.1) is 13.2 Å². The Hall–Kier alpha value is -1.14. The Balaban J connectivity index is 2.21. The van der Waals surface area contributed by atoms with Crippen LogP contribution < -0.4 is 10.6 Å². The van der Waals surface area contributed by atoms with E-state index in [2.05, 4.69) is 24.5 Å². The summed E-state index contributed by atoms with van der Waals surface area (Å²) in [5, 5.41) is 14.1. The van der Waals surface area contributed by atoms with E-state index in [0.29, 0.717) is 12.5 Å². The fourth-order valence-corrected chi connectivity index (χ4v) is 2.18. The Labute approximate surface area is 114 Å². The smallest absolute Gasteiger partial charge is 0.321 e. The third-order valence-corrected chi connectivity index (χ3v) is 3.32. The van der Waals surface area contributed by atoms with Gasteiger partial charge in [-0.2, -0.15) is 0 Å². The van der Waals surface area contributed by atoms with E-state index in [0.717, 1.165) is 25.8 Å². The molecule has 0 aromatic carbocycles. The molecule has 0 radical (unpaired) electrons. The second kappa shape index (κ2) is 8.12. The summed E-state index contributed by atoms with van der Waals surface area (Å²) in [6, 6.07) is -0.389. The molecule has 1 heterocycles. The Morgan fingerprint density at radius 3 is 2.79 bits per heavy atom. The third-order valence-electron chi connectivity index (χ3n) is 3.32. The molecule has 1 atom stereocenters. The largest absolute Gasteiger partial charge is 0.395 e. The number of urea groups is 1. The first-order chi connectivity index (χ1) is 9.02. The maximum atomic E-state index is 11.7. The zero-order valence-electron chi connectivity index (χ0n) is 11.8. The average Bonchev–Trinajstić information content (AvgIpc) is 2.75. The van der Waals surface area contributed by atoms with Gasteiger partial charge in [0, 0.05) is 12.6 Å². The van der Waals surface area contributed by atoms with Crippen LogP contribution in [0.3, 0.4) is 0 Å². The summed E-state index contributed by atoms with van der Waals surface area (Å²) in [7, 11) is 0. The Bertz CT molecular complexity index is 308. The van der Waals surface area contributed by atoms with Crippen molar-refractivity contribution in [1.82, 2.24) is 15.5 Å². The number of carbonyl (C=O) groups excluding carboxylic acids is 2. The van der Waals surface area contributed by atoms with Crippen molar-refractivity contribution < 1.29 is 14.7 Å². The minimum absolute atomic E-state index is 0.0507. The normalized spacial score (nSPS) is 19.7. The van der Waals surface area contributed by atoms with E-state index in [1.807, 2.05) is 4.90 Å². The highest BCUT2D eigenvalue weighted by Gasteiger charge is 2.25. The van der Waals surface area contributed by atoms with Crippen molar-refractivity contribution in [3.05, 3.63) is 0 Å². The summed E-state index contributed by atoms with van der Waals surface area (Å²) in [4.78, 5) is 25.0. The number of nitrogens with one attached hydrogen (secondary N) is 2. The fourth-order valence-electron chi connectivity index (χ4n) is 2.18. The van der Waals surface area contributed by atoms with Gasteiger partial charge >= 0.3 is 6.03 Å². The highest BCUT2D eigenvalue weighted by Crippen LogP contribution is 2.15. The highest BCUT2D eigenvalue weighted by molar-refractivity contribution is 5.95. The molecule has 3 amide bonds. The van der Waals surface area contributed by atoms with E-state index in [-0.39, 0.29) is 25.1 Å². The number of nitrogens with zero attached hydrogens (tertiary/aromatic N) is 1. The molecule has 0 aromatic heterocycles. The van der Waals surface area contributed by atoms with Gasteiger partial charge in [0.2, 0.25) is 5.91 Å². The lowest BCUT2D eigenvalue weighted by atomic mass is 10.1. The van der Waals surface area contributed by atoms with E-state index >= 15 is 0 Å². The van der Waals surface area contributed by atoms with Crippen LogP contribution >= 0.6 is 0 Å². The third kappa shape index (κ3) is 6.02. The molecule has 0 bridgehead atoms. The summed E-state index contributed by atoms with van der Waals surface area (Å²) in [6.07, 6.45) is 2.78. The number of carbonyl (C=O) groups is 2. The molecule has 1 rings (SSSR count). The number of hydrogen-bond acceptors (Lipinski definition) is 4. The van der Waals surface area contributed by atoms with E-state index in [9.17, 15) is 9.59 Å². The van der Waals surface area contributed by atoms with E-state index in [1.165, 1.54) is 0 Å². The van der Waals surface area contributed by atoms with E-state index in [4.69, 9.17) is 5.11 Å². The Morgan fingerprint density at radius 2 is 2.16 bits per heavy atom. The molecule has 0 saturated carbocycles. The van der Waals surface area contributed by atoms with Crippen LogP contribution in [0.5, 0.6) is 0 Å². The molecule has 3 N–H and O–H groups in total. The van der Waals surface area contributed by atoms with Crippen molar-refractivity contribution >= 4 is 11.9 Å². The van der Waals surface area contributed by atoms with Crippen LogP contribution in [0, 0.1) is 5.92 Å². The average molecular weight is 271 g/mol. The van der Waals surface area contributed by atoms with Crippen molar-refractivity contribution in [3.63, 3.8) is 0 Å². The molecule has 0 spiro atoms. The monoisotopic (exact) mass is 271 g/mol. The maximum Gasteiger partial charge on any atom is 0.321 e. The lowest BCUT2D eigenvalue weighted by molar-refractivity contribution is -0.121. The molecule has 1 saturated heterocycles. The van der Waals surface area contributed by atoms with Crippen molar-refractivity contribution in [2.24, 2.45) is 5.92 Å². The molecule has 1 aliphatic rings. The number of likely N-dealkylation sites (tertiary alicyclic amines) is 1. The number of aliphatic hydroxyl groups excluding tert-OH is 1. The lowest BCUT2D eigenvalue weighted by Gasteiger charge is -2.21. The summed E-state index contributed by atoms with van der Waals surface area (Å²) >= 11 is 0. The molecule has 0 unspecified atom stereocenters. The maximum absolute atomic E-state index is 11.7. The zero-order chi connectivity index (χ0) is 14.3. The van der Waals surface area contributed by atoms with Gasteiger partial charge in [-0.25, -0.2) is 4.79 Å². The summed E-state index contributed by atoms with van der Waals surface area (Å²) in [5.74, 6) is 0.202. The van der Waals surface area contributed by atoms with Crippen LogP contribution in [-0.2, 0) is 4.79 Å². The second-order valence-corrected chi connectivity index (χ2v) is 5.44. The predicted octanol–water partition coefficient (Wildman–Crippen LogP) is 0.315. The molecule has 6 heteroatoms. The van der Waals surface area contributed by atoms with Gasteiger partial charge < -0.3 is 10.4 Å². The fraction of sp³-hybridized carbons (Fsp3) is 0.846. The quantitative estimate of drug-likeness (QED) is 0.649. The van der Waals surface area contributed by atoms with Gasteiger partial charge in [-0.15, -0.1) is 0 Å². The molecular weight excluding hydrogens is 246 g/mol. The first-order valence-electron chi connectivity index (χ1n) is 6.95. The number of aliphatic hydroxyl groups is 1. The molecule has 0 aliphatic carbocycles. The Morgan fingerprint density at radius 1 is 1.42 bits per heavy atom. The van der Waals surface area contributed by atoms with Crippen molar-refractivity contribution in [3.8, 4) is 0 Å². The van der Waals surface area contributed by atoms with Crippen molar-refractivity contribution in [2.75, 3.05) is 26.2 Å². The minimum atomic E-state index is -0.439. The molecule has 0 aromatic rings. The second-order valence-electron chi connectivity index (χ2n) is 5.44. The molecule has 1 fully saturated rings. The topological polar surface area (TPSA) is 81.7 Å². The van der Waals surface area contributed by atoms with Gasteiger partial charge in [-0.1, -0.05) is 13.8 Å². The van der Waals surface area contributed by atoms with Gasteiger partial charge in [0.15, 0.2) is 0 Å². The predicted molar refractivity (Wildman–Crippen MR) is 72.7 cm³/mol. The van der Waals surface area contributed by atoms with Gasteiger partial charge in [-0.3, -0.25) is 15.0 Å². The summed E-state index contributed by atoms with van der Waals surface area (Å²) in [6.45, 7) is 5.75. The standard InChI is InChI=1S/C13H25N3O3/c1-10(2)5-6-14-13(19)15-12(18)8-16-7-3-4-11(16)9-17/h10-11,17H,3-9H2,1-2H3,(H2,14,15,18,19)/t11-/m1/s1. The zero-order valence-corrected chi connectivity index (χ0v) is 11.8. The van der Waals surface area contributed by atoms with Crippen LogP contribution in [0.1, 0.15) is 33.1 Å². The molecule has 1 aliphatic heterocycles. The molecular formula is C13H25N3O3. The lowest BCUT2D eigenvalue weighted by Crippen LogP contribution is -2.46. The summed E-state index contributed by atoms with van der Waals surface area (Å²) < 4.78 is 0. The molecule has 110 valence electrons. The first-order valence-corrected chi connectivity index (χ1v) is 6.95. The van der Waals surface area contributed by atoms with Crippen LogP contribution in [0.25, 0.3) is 0 Å². The van der Waals surface area contributed by atoms with E-state index < -0.39 is 6.03 Å². The van der Waals surface area contributed by atoms with Crippen LogP contribution in [0.15, 0.2) is 0 Å². The van der Waals surface area contributed by atoms with Gasteiger partial charge in [0.1, 0.15) is 0 Å².